The van der Waals surface area contributed by atoms with Gasteiger partial charge in [0.25, 0.3) is 0 Å². The van der Waals surface area contributed by atoms with Gasteiger partial charge >= 0.3 is 12.0 Å². The van der Waals surface area contributed by atoms with Crippen LogP contribution in [0.25, 0.3) is 0 Å². The second-order valence-corrected chi connectivity index (χ2v) is 5.54. The van der Waals surface area contributed by atoms with Gasteiger partial charge in [0, 0.05) is 32.6 Å². The van der Waals surface area contributed by atoms with Gasteiger partial charge in [-0.2, -0.15) is 11.3 Å². The van der Waals surface area contributed by atoms with E-state index in [9.17, 15) is 14.7 Å². The third-order valence-electron chi connectivity index (χ3n) is 3.39. The van der Waals surface area contributed by atoms with Gasteiger partial charge in [-0.3, -0.25) is 0 Å². The van der Waals surface area contributed by atoms with E-state index in [-0.39, 0.29) is 0 Å². The summed E-state index contributed by atoms with van der Waals surface area (Å²) in [6.45, 7) is 1.18. The maximum atomic E-state index is 11.8. The summed E-state index contributed by atoms with van der Waals surface area (Å²) >= 11 is 1.61. The standard InChI is InChI=1S/C13H18N2O4S/c16-11(17)13(3-6-19-7-4-13)15-12(18)14-5-1-10-2-8-20-9-10/h2,8-9H,1,3-7H2,(H,16,17)(H2,14,15,18). The van der Waals surface area contributed by atoms with Crippen LogP contribution in [0.5, 0.6) is 0 Å². The highest BCUT2D eigenvalue weighted by molar-refractivity contribution is 7.07. The number of hydrogen-bond donors (Lipinski definition) is 3. The molecule has 6 nitrogen and oxygen atoms in total. The van der Waals surface area contributed by atoms with E-state index in [1.807, 2.05) is 16.8 Å². The summed E-state index contributed by atoms with van der Waals surface area (Å²) in [4.78, 5) is 23.2. The summed E-state index contributed by atoms with van der Waals surface area (Å²) in [6, 6.07) is 1.56. The molecule has 2 heterocycles. The van der Waals surface area contributed by atoms with Crippen LogP contribution in [-0.4, -0.2) is 42.4 Å². The quantitative estimate of drug-likeness (QED) is 0.763. The number of aliphatic carboxylic acids is 1. The lowest BCUT2D eigenvalue weighted by molar-refractivity contribution is -0.148. The van der Waals surface area contributed by atoms with Gasteiger partial charge in [0.15, 0.2) is 0 Å². The minimum atomic E-state index is -1.20. The second kappa shape index (κ2) is 6.71. The molecule has 1 aromatic rings. The van der Waals surface area contributed by atoms with Crippen LogP contribution in [0, 0.1) is 0 Å². The van der Waals surface area contributed by atoms with Crippen molar-refractivity contribution in [3.8, 4) is 0 Å². The first kappa shape index (κ1) is 14.8. The number of carboxylic acid groups (broad SMARTS) is 1. The molecule has 0 atom stereocenters. The molecule has 3 N–H and O–H groups in total. The second-order valence-electron chi connectivity index (χ2n) is 4.76. The minimum absolute atomic E-state index is 0.292. The predicted molar refractivity (Wildman–Crippen MR) is 75.0 cm³/mol. The van der Waals surface area contributed by atoms with Crippen molar-refractivity contribution in [3.63, 3.8) is 0 Å². The van der Waals surface area contributed by atoms with Crippen LogP contribution in [0.2, 0.25) is 0 Å². The average Bonchev–Trinajstić information content (AvgIpc) is 2.93. The van der Waals surface area contributed by atoms with Crippen molar-refractivity contribution in [1.29, 1.82) is 0 Å². The zero-order valence-corrected chi connectivity index (χ0v) is 11.9. The van der Waals surface area contributed by atoms with E-state index in [4.69, 9.17) is 4.74 Å². The first-order valence-corrected chi connectivity index (χ1v) is 7.45. The Bertz CT molecular complexity index is 455. The summed E-state index contributed by atoms with van der Waals surface area (Å²) in [5.74, 6) is -1.01. The molecule has 1 saturated heterocycles. The Kier molecular flexibility index (Phi) is 4.97. The normalized spacial score (nSPS) is 17.4. The number of carbonyl (C=O) groups is 2. The van der Waals surface area contributed by atoms with Gasteiger partial charge in [0.1, 0.15) is 5.54 Å². The molecule has 1 aliphatic rings. The molecule has 20 heavy (non-hydrogen) atoms. The molecule has 0 aromatic carbocycles. The fourth-order valence-corrected chi connectivity index (χ4v) is 2.83. The lowest BCUT2D eigenvalue weighted by atomic mass is 9.90. The van der Waals surface area contributed by atoms with Crippen molar-refractivity contribution in [2.24, 2.45) is 0 Å². The third kappa shape index (κ3) is 3.71. The van der Waals surface area contributed by atoms with Crippen molar-refractivity contribution < 1.29 is 19.4 Å². The van der Waals surface area contributed by atoms with Crippen LogP contribution in [0.15, 0.2) is 16.8 Å². The minimum Gasteiger partial charge on any atom is -0.480 e. The average molecular weight is 298 g/mol. The summed E-state index contributed by atoms with van der Waals surface area (Å²) in [5.41, 5.74) is -0.0423. The topological polar surface area (TPSA) is 87.7 Å². The summed E-state index contributed by atoms with van der Waals surface area (Å²) in [5, 5.41) is 18.6. The molecule has 2 rings (SSSR count). The number of amides is 2. The summed E-state index contributed by atoms with van der Waals surface area (Å²) < 4.78 is 5.15. The van der Waals surface area contributed by atoms with E-state index in [1.165, 1.54) is 0 Å². The number of ether oxygens (including phenoxy) is 1. The first-order valence-electron chi connectivity index (χ1n) is 6.51. The Balaban J connectivity index is 1.81. The van der Waals surface area contributed by atoms with Crippen molar-refractivity contribution in [2.45, 2.75) is 24.8 Å². The Hall–Kier alpha value is -1.60. The van der Waals surface area contributed by atoms with Crippen LogP contribution in [0.3, 0.4) is 0 Å². The van der Waals surface area contributed by atoms with E-state index >= 15 is 0 Å². The predicted octanol–water partition coefficient (Wildman–Crippen LogP) is 1.22. The lowest BCUT2D eigenvalue weighted by Gasteiger charge is -2.33. The molecule has 1 aliphatic heterocycles. The number of hydrogen-bond acceptors (Lipinski definition) is 4. The van der Waals surface area contributed by atoms with Gasteiger partial charge in [-0.05, 0) is 28.8 Å². The number of carbonyl (C=O) groups excluding carboxylic acids is 1. The van der Waals surface area contributed by atoms with Crippen molar-refractivity contribution in [2.75, 3.05) is 19.8 Å². The number of rotatable bonds is 5. The lowest BCUT2D eigenvalue weighted by Crippen LogP contribution is -2.59. The maximum Gasteiger partial charge on any atom is 0.329 e. The highest BCUT2D eigenvalue weighted by Crippen LogP contribution is 2.20. The molecular weight excluding hydrogens is 280 g/mol. The Morgan fingerprint density at radius 2 is 2.15 bits per heavy atom. The van der Waals surface area contributed by atoms with Gasteiger partial charge in [-0.1, -0.05) is 0 Å². The van der Waals surface area contributed by atoms with E-state index in [0.29, 0.717) is 32.6 Å². The maximum absolute atomic E-state index is 11.8. The van der Waals surface area contributed by atoms with Crippen LogP contribution >= 0.6 is 11.3 Å². The van der Waals surface area contributed by atoms with Crippen LogP contribution in [0.1, 0.15) is 18.4 Å². The van der Waals surface area contributed by atoms with E-state index in [0.717, 1.165) is 12.0 Å². The van der Waals surface area contributed by atoms with Crippen molar-refractivity contribution in [1.82, 2.24) is 10.6 Å². The monoisotopic (exact) mass is 298 g/mol. The molecule has 1 aromatic heterocycles. The zero-order chi connectivity index (χ0) is 14.4. The molecular formula is C13H18N2O4S. The molecule has 7 heteroatoms. The molecule has 2 amide bonds. The number of urea groups is 1. The van der Waals surface area contributed by atoms with Crippen LogP contribution in [-0.2, 0) is 16.0 Å². The highest BCUT2D eigenvalue weighted by Gasteiger charge is 2.41. The molecule has 0 aliphatic carbocycles. The SMILES string of the molecule is O=C(NCCc1ccsc1)NC1(C(=O)O)CCOCC1. The Labute approximate surface area is 121 Å². The van der Waals surface area contributed by atoms with E-state index in [1.54, 1.807) is 11.3 Å². The van der Waals surface area contributed by atoms with Crippen LogP contribution in [0.4, 0.5) is 4.79 Å². The van der Waals surface area contributed by atoms with Gasteiger partial charge in [-0.15, -0.1) is 0 Å². The van der Waals surface area contributed by atoms with E-state index < -0.39 is 17.5 Å². The van der Waals surface area contributed by atoms with Gasteiger partial charge in [0.2, 0.25) is 0 Å². The molecule has 0 bridgehead atoms. The Morgan fingerprint density at radius 1 is 1.40 bits per heavy atom. The van der Waals surface area contributed by atoms with Gasteiger partial charge in [0.05, 0.1) is 0 Å². The molecule has 110 valence electrons. The number of nitrogens with one attached hydrogen (secondary N) is 2. The first-order chi connectivity index (χ1) is 9.62. The summed E-state index contributed by atoms with van der Waals surface area (Å²) in [7, 11) is 0. The van der Waals surface area contributed by atoms with Crippen molar-refractivity contribution >= 4 is 23.3 Å². The number of thiophene rings is 1. The van der Waals surface area contributed by atoms with E-state index in [2.05, 4.69) is 10.6 Å². The zero-order valence-electron chi connectivity index (χ0n) is 11.1. The highest BCUT2D eigenvalue weighted by atomic mass is 32.1. The Morgan fingerprint density at radius 3 is 2.75 bits per heavy atom. The van der Waals surface area contributed by atoms with Crippen molar-refractivity contribution in [3.05, 3.63) is 22.4 Å². The molecule has 0 radical (unpaired) electrons. The van der Waals surface area contributed by atoms with Gasteiger partial charge < -0.3 is 20.5 Å². The third-order valence-corrected chi connectivity index (χ3v) is 4.12. The van der Waals surface area contributed by atoms with Gasteiger partial charge in [-0.25, -0.2) is 9.59 Å². The molecule has 0 unspecified atom stereocenters. The molecule has 0 saturated carbocycles. The number of carboxylic acids is 1. The summed E-state index contributed by atoms with van der Waals surface area (Å²) in [6.07, 6.45) is 1.32. The smallest absolute Gasteiger partial charge is 0.329 e. The fourth-order valence-electron chi connectivity index (χ4n) is 2.13. The largest absolute Gasteiger partial charge is 0.480 e. The molecule has 1 fully saturated rings. The van der Waals surface area contributed by atoms with Crippen LogP contribution < -0.4 is 10.6 Å². The fraction of sp³-hybridized carbons (Fsp3) is 0.538. The molecule has 0 spiro atoms.